The van der Waals surface area contributed by atoms with Gasteiger partial charge in [0.2, 0.25) is 5.91 Å². The van der Waals surface area contributed by atoms with Gasteiger partial charge in [-0.2, -0.15) is 0 Å². The zero-order valence-electron chi connectivity index (χ0n) is 17.4. The smallest absolute Gasteiger partial charge is 0.225 e. The van der Waals surface area contributed by atoms with Gasteiger partial charge in [-0.15, -0.1) is 0 Å². The number of hydrogen-bond donors (Lipinski definition) is 3. The summed E-state index contributed by atoms with van der Waals surface area (Å²) in [6.07, 6.45) is 9.75. The number of aromatic amines is 1. The van der Waals surface area contributed by atoms with Crippen LogP contribution in [0.3, 0.4) is 0 Å². The van der Waals surface area contributed by atoms with Crippen LogP contribution in [0, 0.1) is 5.92 Å². The first kappa shape index (κ1) is 19.8. The highest BCUT2D eigenvalue weighted by Crippen LogP contribution is 2.27. The average Bonchev–Trinajstić information content (AvgIpc) is 3.51. The molecule has 156 valence electrons. The molecule has 1 saturated carbocycles. The van der Waals surface area contributed by atoms with Crippen LogP contribution >= 0.6 is 0 Å². The maximum atomic E-state index is 12.6. The van der Waals surface area contributed by atoms with Crippen molar-refractivity contribution in [3.63, 3.8) is 0 Å². The van der Waals surface area contributed by atoms with Crippen LogP contribution in [0.15, 0.2) is 35.5 Å². The lowest BCUT2D eigenvalue weighted by Gasteiger charge is -2.21. The lowest BCUT2D eigenvalue weighted by atomic mass is 10.1. The molecule has 0 spiro atoms. The van der Waals surface area contributed by atoms with Gasteiger partial charge in [-0.3, -0.25) is 9.79 Å². The van der Waals surface area contributed by atoms with Crippen LogP contribution in [0.4, 0.5) is 0 Å². The molecule has 1 aliphatic carbocycles. The molecule has 2 aromatic rings. The molecule has 3 N–H and O–H groups in total. The van der Waals surface area contributed by atoms with Gasteiger partial charge in [-0.05, 0) is 43.7 Å². The van der Waals surface area contributed by atoms with E-state index in [9.17, 15) is 4.79 Å². The summed E-state index contributed by atoms with van der Waals surface area (Å²) in [5, 5.41) is 8.25. The Labute approximate surface area is 173 Å². The van der Waals surface area contributed by atoms with Crippen molar-refractivity contribution >= 4 is 22.8 Å². The second-order valence-corrected chi connectivity index (χ2v) is 8.36. The number of aryl methyl sites for hydroxylation is 1. The normalized spacial score (nSPS) is 20.5. The van der Waals surface area contributed by atoms with E-state index < -0.39 is 0 Å². The number of hydrogen-bond acceptors (Lipinski definition) is 2. The number of likely N-dealkylation sites (tertiary alicyclic amines) is 1. The Kier molecular flexibility index (Phi) is 6.37. The van der Waals surface area contributed by atoms with E-state index >= 15 is 0 Å². The molecule has 6 heteroatoms. The van der Waals surface area contributed by atoms with Gasteiger partial charge in [0.05, 0.1) is 0 Å². The first-order valence-electron chi connectivity index (χ1n) is 11.1. The number of nitrogens with zero attached hydrogens (tertiary/aromatic N) is 2. The Hall–Kier alpha value is -2.50. The molecule has 29 heavy (non-hydrogen) atoms. The van der Waals surface area contributed by atoms with Crippen molar-refractivity contribution in [1.29, 1.82) is 0 Å². The third-order valence-electron chi connectivity index (χ3n) is 6.36. The third kappa shape index (κ3) is 4.74. The molecule has 2 aliphatic rings. The van der Waals surface area contributed by atoms with Gasteiger partial charge < -0.3 is 20.5 Å². The maximum Gasteiger partial charge on any atom is 0.225 e. The van der Waals surface area contributed by atoms with Gasteiger partial charge in [0.25, 0.3) is 0 Å². The van der Waals surface area contributed by atoms with Crippen molar-refractivity contribution in [2.75, 3.05) is 26.7 Å². The van der Waals surface area contributed by atoms with Crippen LogP contribution in [0.5, 0.6) is 0 Å². The second kappa shape index (κ2) is 9.33. The number of carbonyl (C=O) groups excluding carboxylic acids is 1. The minimum Gasteiger partial charge on any atom is -0.361 e. The maximum absolute atomic E-state index is 12.6. The van der Waals surface area contributed by atoms with E-state index in [2.05, 4.69) is 56.0 Å². The molecular weight excluding hydrogens is 362 g/mol. The number of aromatic nitrogens is 1. The molecule has 1 atom stereocenters. The number of carbonyl (C=O) groups is 1. The van der Waals surface area contributed by atoms with Gasteiger partial charge in [-0.25, -0.2) is 0 Å². The van der Waals surface area contributed by atoms with Crippen molar-refractivity contribution in [2.24, 2.45) is 10.9 Å². The summed E-state index contributed by atoms with van der Waals surface area (Å²) >= 11 is 0. The van der Waals surface area contributed by atoms with Crippen LogP contribution in [-0.2, 0) is 11.2 Å². The molecule has 1 aliphatic heterocycles. The summed E-state index contributed by atoms with van der Waals surface area (Å²) in [5.74, 6) is 1.48. The van der Waals surface area contributed by atoms with Crippen LogP contribution in [0.2, 0.25) is 0 Å². The third-order valence-corrected chi connectivity index (χ3v) is 6.36. The summed E-state index contributed by atoms with van der Waals surface area (Å²) in [5.41, 5.74) is 2.56. The van der Waals surface area contributed by atoms with Crippen molar-refractivity contribution < 1.29 is 4.79 Å². The molecule has 1 aromatic carbocycles. The number of rotatable bonds is 6. The fourth-order valence-corrected chi connectivity index (χ4v) is 4.72. The monoisotopic (exact) mass is 395 g/mol. The zero-order valence-corrected chi connectivity index (χ0v) is 17.4. The molecule has 1 aromatic heterocycles. The lowest BCUT2D eigenvalue weighted by Crippen LogP contribution is -2.45. The van der Waals surface area contributed by atoms with Gasteiger partial charge in [0, 0.05) is 55.7 Å². The largest absolute Gasteiger partial charge is 0.361 e. The Bertz CT molecular complexity index is 852. The number of guanidine groups is 1. The molecule has 1 saturated heterocycles. The highest BCUT2D eigenvalue weighted by molar-refractivity contribution is 5.83. The summed E-state index contributed by atoms with van der Waals surface area (Å²) < 4.78 is 0. The second-order valence-electron chi connectivity index (χ2n) is 8.36. The van der Waals surface area contributed by atoms with Crippen molar-refractivity contribution in [3.05, 3.63) is 36.0 Å². The van der Waals surface area contributed by atoms with Gasteiger partial charge in [0.1, 0.15) is 0 Å². The number of aliphatic imine (C=N–C) groups is 1. The Morgan fingerprint density at radius 3 is 2.90 bits per heavy atom. The molecule has 2 heterocycles. The summed E-state index contributed by atoms with van der Waals surface area (Å²) in [6.45, 7) is 2.53. The number of nitrogens with one attached hydrogen (secondary N) is 3. The Balaban J connectivity index is 1.19. The molecule has 1 unspecified atom stereocenters. The van der Waals surface area contributed by atoms with Crippen LogP contribution in [0.1, 0.15) is 44.1 Å². The van der Waals surface area contributed by atoms with E-state index in [1.54, 1.807) is 0 Å². The highest BCUT2D eigenvalue weighted by atomic mass is 16.2. The molecule has 0 bridgehead atoms. The minimum atomic E-state index is 0.274. The van der Waals surface area contributed by atoms with E-state index in [1.807, 2.05) is 7.05 Å². The fourth-order valence-electron chi connectivity index (χ4n) is 4.72. The number of fused-ring (bicyclic) bond motifs is 1. The fraction of sp³-hybridized carbons (Fsp3) is 0.565. The molecule has 0 radical (unpaired) electrons. The molecule has 2 fully saturated rings. The van der Waals surface area contributed by atoms with E-state index in [4.69, 9.17) is 0 Å². The first-order chi connectivity index (χ1) is 14.2. The number of H-pyrrole nitrogens is 1. The summed E-state index contributed by atoms with van der Waals surface area (Å²) in [4.78, 5) is 22.4. The number of para-hydroxylation sites is 1. The SMILES string of the molecule is CN=C(NCCCc1c[nH]c2ccccc12)NC1CCN(C(=O)C2CCCC2)C1. The first-order valence-corrected chi connectivity index (χ1v) is 11.1. The zero-order chi connectivity index (χ0) is 20.1. The molecule has 4 rings (SSSR count). The average molecular weight is 396 g/mol. The van der Waals surface area contributed by atoms with Crippen LogP contribution in [0.25, 0.3) is 10.9 Å². The van der Waals surface area contributed by atoms with Crippen molar-refractivity contribution in [2.45, 2.75) is 51.0 Å². The van der Waals surface area contributed by atoms with Crippen LogP contribution in [-0.4, -0.2) is 54.5 Å². The Morgan fingerprint density at radius 2 is 2.07 bits per heavy atom. The van der Waals surface area contributed by atoms with Gasteiger partial charge in [0.15, 0.2) is 5.96 Å². The minimum absolute atomic E-state index is 0.274. The quantitative estimate of drug-likeness (QED) is 0.400. The summed E-state index contributed by atoms with van der Waals surface area (Å²) in [6, 6.07) is 8.73. The number of benzene rings is 1. The standard InChI is InChI=1S/C23H33N5O/c1-24-23(25-13-6-9-18-15-26-21-11-5-4-10-20(18)21)27-19-12-14-28(16-19)22(29)17-7-2-3-8-17/h4-5,10-11,15,17,19,26H,2-3,6-9,12-14,16H2,1H3,(H2,24,25,27). The highest BCUT2D eigenvalue weighted by Gasteiger charge is 2.32. The predicted octanol–water partition coefficient (Wildman–Crippen LogP) is 3.06. The van der Waals surface area contributed by atoms with E-state index in [1.165, 1.54) is 29.3 Å². The van der Waals surface area contributed by atoms with Crippen molar-refractivity contribution in [1.82, 2.24) is 20.5 Å². The Morgan fingerprint density at radius 1 is 1.24 bits per heavy atom. The lowest BCUT2D eigenvalue weighted by molar-refractivity contribution is -0.134. The molecule has 6 nitrogen and oxygen atoms in total. The predicted molar refractivity (Wildman–Crippen MR) is 118 cm³/mol. The van der Waals surface area contributed by atoms with E-state index in [0.29, 0.717) is 11.9 Å². The van der Waals surface area contributed by atoms with Crippen molar-refractivity contribution in [3.8, 4) is 0 Å². The topological polar surface area (TPSA) is 72.5 Å². The van der Waals surface area contributed by atoms with Gasteiger partial charge >= 0.3 is 0 Å². The van der Waals surface area contributed by atoms with E-state index in [-0.39, 0.29) is 5.92 Å². The summed E-state index contributed by atoms with van der Waals surface area (Å²) in [7, 11) is 1.81. The van der Waals surface area contributed by atoms with E-state index in [0.717, 1.165) is 57.7 Å². The van der Waals surface area contributed by atoms with Gasteiger partial charge in [-0.1, -0.05) is 31.0 Å². The molecule has 1 amide bonds. The molecular formula is C23H33N5O. The van der Waals surface area contributed by atoms with Crippen LogP contribution < -0.4 is 10.6 Å². The number of amides is 1.